The number of anilines is 1. The number of halogens is 3. The van der Waals surface area contributed by atoms with Crippen LogP contribution in [0.25, 0.3) is 11.3 Å². The molecule has 3 aromatic rings. The van der Waals surface area contributed by atoms with Crippen LogP contribution in [0.15, 0.2) is 55.3 Å². The number of piperidine rings is 1. The molecule has 0 bridgehead atoms. The lowest BCUT2D eigenvalue weighted by atomic mass is 10.0. The van der Waals surface area contributed by atoms with E-state index in [2.05, 4.69) is 21.9 Å². The van der Waals surface area contributed by atoms with E-state index in [0.29, 0.717) is 18.5 Å². The van der Waals surface area contributed by atoms with Crippen LogP contribution in [0.1, 0.15) is 57.5 Å². The summed E-state index contributed by atoms with van der Waals surface area (Å²) in [5.41, 5.74) is 5.26. The van der Waals surface area contributed by atoms with Crippen LogP contribution in [-0.4, -0.2) is 43.8 Å². The maximum Gasteiger partial charge on any atom is 0.416 e. The summed E-state index contributed by atoms with van der Waals surface area (Å²) in [6, 6.07) is 6.86. The Hall–Kier alpha value is -4.68. The molecular formula is C25H24F3N7O3. The van der Waals surface area contributed by atoms with Crippen molar-refractivity contribution >= 4 is 23.5 Å². The number of rotatable bonds is 6. The van der Waals surface area contributed by atoms with Gasteiger partial charge in [-0.15, -0.1) is 0 Å². The van der Waals surface area contributed by atoms with Crippen molar-refractivity contribution in [2.75, 3.05) is 17.7 Å². The van der Waals surface area contributed by atoms with E-state index >= 15 is 0 Å². The van der Waals surface area contributed by atoms with Crippen LogP contribution in [0.2, 0.25) is 0 Å². The third-order valence-corrected chi connectivity index (χ3v) is 6.18. The van der Waals surface area contributed by atoms with E-state index in [9.17, 15) is 27.6 Å². The number of hydrogen-bond acceptors (Lipinski definition) is 6. The second-order valence-electron chi connectivity index (χ2n) is 8.61. The summed E-state index contributed by atoms with van der Waals surface area (Å²) in [5, 5.41) is 2.33. The molecule has 10 nitrogen and oxygen atoms in total. The fraction of sp³-hybridized carbons (Fsp3) is 0.240. The number of imidazole rings is 1. The minimum absolute atomic E-state index is 0.0815. The van der Waals surface area contributed by atoms with Gasteiger partial charge >= 0.3 is 6.18 Å². The van der Waals surface area contributed by atoms with E-state index in [1.807, 2.05) is 0 Å². The first kappa shape index (κ1) is 26.4. The first-order valence-electron chi connectivity index (χ1n) is 11.6. The maximum absolute atomic E-state index is 12.9. The highest BCUT2D eigenvalue weighted by Gasteiger charge is 2.33. The van der Waals surface area contributed by atoms with Crippen LogP contribution in [-0.2, 0) is 11.0 Å². The Labute approximate surface area is 215 Å². The molecule has 0 spiro atoms. The van der Waals surface area contributed by atoms with Crippen molar-refractivity contribution in [1.29, 1.82) is 0 Å². The number of nitrogens with one attached hydrogen (secondary N) is 1. The van der Waals surface area contributed by atoms with E-state index in [-0.39, 0.29) is 34.5 Å². The average Bonchev–Trinajstić information content (AvgIpc) is 3.25. The van der Waals surface area contributed by atoms with Gasteiger partial charge in [-0.2, -0.15) is 13.2 Å². The number of primary amides is 1. The molecule has 1 aliphatic rings. The quantitative estimate of drug-likeness (QED) is 0.331. The number of carbonyl (C=O) groups excluding carboxylic acids is 3. The van der Waals surface area contributed by atoms with Crippen molar-refractivity contribution in [1.82, 2.24) is 19.5 Å². The van der Waals surface area contributed by atoms with Crippen molar-refractivity contribution in [3.05, 3.63) is 77.9 Å². The summed E-state index contributed by atoms with van der Waals surface area (Å²) in [6.45, 7) is 4.02. The van der Waals surface area contributed by atoms with E-state index < -0.39 is 29.6 Å². The molecule has 0 radical (unpaired) electrons. The van der Waals surface area contributed by atoms with Gasteiger partial charge in [0, 0.05) is 23.9 Å². The van der Waals surface area contributed by atoms with E-state index in [0.717, 1.165) is 35.8 Å². The molecule has 1 fully saturated rings. The summed E-state index contributed by atoms with van der Waals surface area (Å²) in [7, 11) is 0. The van der Waals surface area contributed by atoms with Crippen molar-refractivity contribution < 1.29 is 27.6 Å². The lowest BCUT2D eigenvalue weighted by Gasteiger charge is -2.34. The van der Waals surface area contributed by atoms with Crippen LogP contribution >= 0.6 is 0 Å². The van der Waals surface area contributed by atoms with Crippen LogP contribution < -0.4 is 16.9 Å². The predicted octanol–water partition coefficient (Wildman–Crippen LogP) is 3.27. The summed E-state index contributed by atoms with van der Waals surface area (Å²) in [5.74, 6) is 4.43. The molecule has 3 heterocycles. The standard InChI is InChI=1S/C25H24F3N7O3/c1-2-19(36)34-12-4-3-5-17(34)23-33-20(21(22(29)37)35(23)30)14-6-8-15(9-7-14)24(38)32-18-13-16(10-11-31-18)25(26,27)28/h2,6-11,13,17H,1,3-5,12,30H2,(H2,29,37)(H,31,32,38). The van der Waals surface area contributed by atoms with E-state index in [4.69, 9.17) is 11.6 Å². The van der Waals surface area contributed by atoms with E-state index in [1.54, 1.807) is 4.90 Å². The third kappa shape index (κ3) is 5.21. The molecule has 1 unspecified atom stereocenters. The zero-order valence-corrected chi connectivity index (χ0v) is 20.0. The second kappa shape index (κ2) is 10.4. The number of aromatic nitrogens is 3. The Morgan fingerprint density at radius 2 is 1.84 bits per heavy atom. The Kier molecular flexibility index (Phi) is 7.19. The molecular weight excluding hydrogens is 503 g/mol. The highest BCUT2D eigenvalue weighted by atomic mass is 19.4. The fourth-order valence-electron chi connectivity index (χ4n) is 4.35. The second-order valence-corrected chi connectivity index (χ2v) is 8.61. The number of hydrogen-bond donors (Lipinski definition) is 3. The van der Waals surface area contributed by atoms with E-state index in [1.165, 1.54) is 30.3 Å². The van der Waals surface area contributed by atoms with Gasteiger partial charge in [-0.05, 0) is 49.6 Å². The Morgan fingerprint density at radius 1 is 1.13 bits per heavy atom. The summed E-state index contributed by atoms with van der Waals surface area (Å²) >= 11 is 0. The number of pyridine rings is 1. The maximum atomic E-state index is 12.9. The highest BCUT2D eigenvalue weighted by Crippen LogP contribution is 2.34. The molecule has 3 amide bonds. The minimum atomic E-state index is -4.58. The van der Waals surface area contributed by atoms with Gasteiger partial charge in [0.25, 0.3) is 11.8 Å². The molecule has 1 aliphatic heterocycles. The molecule has 0 aliphatic carbocycles. The van der Waals surface area contributed by atoms with Gasteiger partial charge in [-0.3, -0.25) is 14.4 Å². The number of alkyl halides is 3. The molecule has 1 aromatic carbocycles. The number of amides is 3. The van der Waals surface area contributed by atoms with Gasteiger partial charge in [0.05, 0.1) is 11.6 Å². The third-order valence-electron chi connectivity index (χ3n) is 6.18. The van der Waals surface area contributed by atoms with Gasteiger partial charge in [-0.1, -0.05) is 18.7 Å². The average molecular weight is 528 g/mol. The molecule has 5 N–H and O–H groups in total. The summed E-state index contributed by atoms with van der Waals surface area (Å²) in [4.78, 5) is 47.2. The lowest BCUT2D eigenvalue weighted by Crippen LogP contribution is -2.39. The van der Waals surface area contributed by atoms with Gasteiger partial charge in [0.2, 0.25) is 5.91 Å². The normalized spacial score (nSPS) is 15.7. The van der Waals surface area contributed by atoms with Crippen LogP contribution in [0, 0.1) is 0 Å². The first-order valence-corrected chi connectivity index (χ1v) is 11.6. The number of nitrogen functional groups attached to an aromatic ring is 1. The molecule has 4 rings (SSSR count). The number of carbonyl (C=O) groups is 3. The molecule has 13 heteroatoms. The Bertz CT molecular complexity index is 1400. The van der Waals surface area contributed by atoms with Gasteiger partial charge < -0.3 is 21.8 Å². The zero-order valence-electron chi connectivity index (χ0n) is 20.0. The minimum Gasteiger partial charge on any atom is -0.364 e. The summed E-state index contributed by atoms with van der Waals surface area (Å²) < 4.78 is 39.9. The Balaban J connectivity index is 1.62. The zero-order chi connectivity index (χ0) is 27.6. The SMILES string of the molecule is C=CC(=O)N1CCCCC1c1nc(-c2ccc(C(=O)Nc3cc(C(F)(F)F)ccn3)cc2)c(C(N)=O)n1N. The van der Waals surface area contributed by atoms with Crippen molar-refractivity contribution in [3.8, 4) is 11.3 Å². The van der Waals surface area contributed by atoms with Crippen molar-refractivity contribution in [3.63, 3.8) is 0 Å². The van der Waals surface area contributed by atoms with Crippen LogP contribution in [0.3, 0.4) is 0 Å². The largest absolute Gasteiger partial charge is 0.416 e. The topological polar surface area (TPSA) is 149 Å². The van der Waals surface area contributed by atoms with Crippen molar-refractivity contribution in [2.24, 2.45) is 5.73 Å². The smallest absolute Gasteiger partial charge is 0.364 e. The van der Waals surface area contributed by atoms with Gasteiger partial charge in [0.1, 0.15) is 11.5 Å². The van der Waals surface area contributed by atoms with Crippen LogP contribution in [0.5, 0.6) is 0 Å². The Morgan fingerprint density at radius 3 is 2.47 bits per heavy atom. The number of nitrogens with two attached hydrogens (primary N) is 2. The molecule has 2 aromatic heterocycles. The molecule has 1 atom stereocenters. The molecule has 1 saturated heterocycles. The monoisotopic (exact) mass is 527 g/mol. The van der Waals surface area contributed by atoms with Crippen molar-refractivity contribution in [2.45, 2.75) is 31.5 Å². The first-order chi connectivity index (χ1) is 18.0. The highest BCUT2D eigenvalue weighted by molar-refractivity contribution is 6.04. The predicted molar refractivity (Wildman–Crippen MR) is 132 cm³/mol. The van der Waals surface area contributed by atoms with Gasteiger partial charge in [-0.25, -0.2) is 14.6 Å². The number of benzene rings is 1. The molecule has 198 valence electrons. The number of nitrogens with zero attached hydrogens (tertiary/aromatic N) is 4. The van der Waals surface area contributed by atoms with Crippen LogP contribution in [0.4, 0.5) is 19.0 Å². The number of likely N-dealkylation sites (tertiary alicyclic amines) is 1. The molecule has 38 heavy (non-hydrogen) atoms. The molecule has 0 saturated carbocycles. The van der Waals surface area contributed by atoms with Gasteiger partial charge in [0.15, 0.2) is 11.5 Å². The fourth-order valence-corrected chi connectivity index (χ4v) is 4.35. The lowest BCUT2D eigenvalue weighted by molar-refractivity contribution is -0.137. The summed E-state index contributed by atoms with van der Waals surface area (Å²) in [6.07, 6.45) is -0.226.